The van der Waals surface area contributed by atoms with Crippen molar-refractivity contribution in [3.8, 4) is 0 Å². The van der Waals surface area contributed by atoms with Gasteiger partial charge in [0.1, 0.15) is 5.82 Å². The van der Waals surface area contributed by atoms with Gasteiger partial charge in [0.15, 0.2) is 0 Å². The van der Waals surface area contributed by atoms with Gasteiger partial charge in [0.2, 0.25) is 0 Å². The summed E-state index contributed by atoms with van der Waals surface area (Å²) in [5, 5.41) is 2.99. The molecule has 3 aromatic rings. The van der Waals surface area contributed by atoms with E-state index in [9.17, 15) is 4.79 Å². The highest BCUT2D eigenvalue weighted by atomic mass is 16.1. The number of hydrogen-bond acceptors (Lipinski definition) is 3. The Bertz CT molecular complexity index is 888. The maximum absolute atomic E-state index is 12.2. The lowest BCUT2D eigenvalue weighted by Crippen LogP contribution is -2.25. The predicted octanol–water partition coefficient (Wildman–Crippen LogP) is 5.15. The highest BCUT2D eigenvalue weighted by Crippen LogP contribution is 2.18. The zero-order valence-corrected chi connectivity index (χ0v) is 17.4. The van der Waals surface area contributed by atoms with Crippen molar-refractivity contribution in [3.05, 3.63) is 60.2 Å². The highest BCUT2D eigenvalue weighted by molar-refractivity contribution is 5.93. The molecule has 3 rings (SSSR count). The van der Waals surface area contributed by atoms with E-state index < -0.39 is 0 Å². The lowest BCUT2D eigenvalue weighted by molar-refractivity contribution is 0.0953. The first-order valence-corrected chi connectivity index (χ1v) is 10.9. The Morgan fingerprint density at radius 2 is 1.72 bits per heavy atom. The Hall–Kier alpha value is -2.69. The summed E-state index contributed by atoms with van der Waals surface area (Å²) in [5.41, 5.74) is 2.93. The minimum absolute atomic E-state index is 0.0482. The first-order valence-electron chi connectivity index (χ1n) is 10.9. The standard InChI is InChI=1S/C24H32N4O/c1-2-3-4-5-6-9-19-28-22-12-8-7-11-21(22)27-23(28)13-10-16-26-24(29)20-14-17-25-18-15-20/h7-8,11-12,14-15,17-18H,2-6,9-10,13,16,19H2,1H3,(H,26,29). The zero-order valence-electron chi connectivity index (χ0n) is 17.4. The van der Waals surface area contributed by atoms with Crippen molar-refractivity contribution in [2.24, 2.45) is 0 Å². The molecule has 1 amide bonds. The van der Waals surface area contributed by atoms with Crippen molar-refractivity contribution in [2.75, 3.05) is 6.54 Å². The average Bonchev–Trinajstić information content (AvgIpc) is 3.11. The second-order valence-corrected chi connectivity index (χ2v) is 7.53. The number of aryl methyl sites for hydroxylation is 2. The van der Waals surface area contributed by atoms with Crippen molar-refractivity contribution in [1.29, 1.82) is 0 Å². The summed E-state index contributed by atoms with van der Waals surface area (Å²) in [6, 6.07) is 11.8. The molecule has 0 bridgehead atoms. The van der Waals surface area contributed by atoms with Crippen molar-refractivity contribution in [3.63, 3.8) is 0 Å². The van der Waals surface area contributed by atoms with E-state index in [1.54, 1.807) is 24.5 Å². The molecule has 0 aliphatic heterocycles. The van der Waals surface area contributed by atoms with Gasteiger partial charge >= 0.3 is 0 Å². The summed E-state index contributed by atoms with van der Waals surface area (Å²) in [7, 11) is 0. The highest BCUT2D eigenvalue weighted by Gasteiger charge is 2.10. The molecule has 0 spiro atoms. The molecule has 2 aromatic heterocycles. The molecule has 0 aliphatic carbocycles. The first-order chi connectivity index (χ1) is 14.3. The number of aromatic nitrogens is 3. The fraction of sp³-hybridized carbons (Fsp3) is 0.458. The molecular weight excluding hydrogens is 360 g/mol. The summed E-state index contributed by atoms with van der Waals surface area (Å²) in [5.74, 6) is 1.07. The topological polar surface area (TPSA) is 59.8 Å². The molecule has 154 valence electrons. The molecule has 0 aliphatic rings. The fourth-order valence-corrected chi connectivity index (χ4v) is 3.67. The van der Waals surface area contributed by atoms with Crippen LogP contribution in [0.3, 0.4) is 0 Å². The Labute approximate surface area is 173 Å². The molecule has 2 heterocycles. The second-order valence-electron chi connectivity index (χ2n) is 7.53. The van der Waals surface area contributed by atoms with E-state index in [4.69, 9.17) is 4.98 Å². The number of hydrogen-bond donors (Lipinski definition) is 1. The number of imidazole rings is 1. The zero-order chi connectivity index (χ0) is 20.3. The van der Waals surface area contributed by atoms with Gasteiger partial charge in [-0.3, -0.25) is 9.78 Å². The Morgan fingerprint density at radius 1 is 0.966 bits per heavy atom. The van der Waals surface area contributed by atoms with Crippen LogP contribution in [0.4, 0.5) is 0 Å². The number of benzene rings is 1. The van der Waals surface area contributed by atoms with Gasteiger partial charge in [-0.25, -0.2) is 4.98 Å². The normalized spacial score (nSPS) is 11.1. The van der Waals surface area contributed by atoms with Gasteiger partial charge in [-0.2, -0.15) is 0 Å². The smallest absolute Gasteiger partial charge is 0.251 e. The summed E-state index contributed by atoms with van der Waals surface area (Å²) in [6.07, 6.45) is 12.8. The minimum Gasteiger partial charge on any atom is -0.352 e. The van der Waals surface area contributed by atoms with Gasteiger partial charge in [0.25, 0.3) is 5.91 Å². The largest absolute Gasteiger partial charge is 0.352 e. The van der Waals surface area contributed by atoms with Crippen molar-refractivity contribution in [2.45, 2.75) is 64.8 Å². The van der Waals surface area contributed by atoms with Crippen LogP contribution in [0.15, 0.2) is 48.8 Å². The molecule has 0 fully saturated rings. The summed E-state index contributed by atoms with van der Waals surface area (Å²) < 4.78 is 2.37. The van der Waals surface area contributed by atoms with Crippen LogP contribution in [0.5, 0.6) is 0 Å². The van der Waals surface area contributed by atoms with E-state index in [0.717, 1.165) is 30.7 Å². The lowest BCUT2D eigenvalue weighted by Gasteiger charge is -2.10. The van der Waals surface area contributed by atoms with Gasteiger partial charge in [-0.05, 0) is 37.1 Å². The van der Waals surface area contributed by atoms with Crippen molar-refractivity contribution < 1.29 is 4.79 Å². The van der Waals surface area contributed by atoms with Crippen LogP contribution in [-0.2, 0) is 13.0 Å². The number of para-hydroxylation sites is 2. The van der Waals surface area contributed by atoms with Gasteiger partial charge in [-0.1, -0.05) is 51.2 Å². The van der Waals surface area contributed by atoms with E-state index in [-0.39, 0.29) is 5.91 Å². The quantitative estimate of drug-likeness (QED) is 0.433. The molecule has 1 N–H and O–H groups in total. The van der Waals surface area contributed by atoms with Crippen LogP contribution in [0.25, 0.3) is 11.0 Å². The average molecular weight is 393 g/mol. The van der Waals surface area contributed by atoms with Crippen LogP contribution in [0.1, 0.15) is 68.1 Å². The molecule has 29 heavy (non-hydrogen) atoms. The Balaban J connectivity index is 1.53. The van der Waals surface area contributed by atoms with Crippen LogP contribution in [-0.4, -0.2) is 27.0 Å². The number of pyridine rings is 1. The number of fused-ring (bicyclic) bond motifs is 1. The second kappa shape index (κ2) is 11.3. The third-order valence-electron chi connectivity index (χ3n) is 5.27. The number of carbonyl (C=O) groups excluding carboxylic acids is 1. The molecule has 0 saturated carbocycles. The SMILES string of the molecule is CCCCCCCCn1c(CCCNC(=O)c2ccncc2)nc2ccccc21. The van der Waals surface area contributed by atoms with E-state index >= 15 is 0 Å². The molecule has 0 radical (unpaired) electrons. The maximum Gasteiger partial charge on any atom is 0.251 e. The lowest BCUT2D eigenvalue weighted by atomic mass is 10.1. The summed E-state index contributed by atoms with van der Waals surface area (Å²) in [4.78, 5) is 21.0. The third kappa shape index (κ3) is 6.14. The van der Waals surface area contributed by atoms with Gasteiger partial charge < -0.3 is 9.88 Å². The Kier molecular flexibility index (Phi) is 8.23. The molecule has 5 nitrogen and oxygen atoms in total. The predicted molar refractivity (Wildman–Crippen MR) is 118 cm³/mol. The van der Waals surface area contributed by atoms with Crippen LogP contribution < -0.4 is 5.32 Å². The van der Waals surface area contributed by atoms with E-state index in [1.165, 1.54) is 44.0 Å². The molecule has 5 heteroatoms. The first kappa shape index (κ1) is 21.0. The van der Waals surface area contributed by atoms with E-state index in [2.05, 4.69) is 40.0 Å². The molecule has 1 aromatic carbocycles. The number of rotatable bonds is 12. The van der Waals surface area contributed by atoms with Gasteiger partial charge in [0.05, 0.1) is 11.0 Å². The van der Waals surface area contributed by atoms with Crippen LogP contribution in [0.2, 0.25) is 0 Å². The maximum atomic E-state index is 12.2. The minimum atomic E-state index is -0.0482. The fourth-order valence-electron chi connectivity index (χ4n) is 3.67. The summed E-state index contributed by atoms with van der Waals surface area (Å²) >= 11 is 0. The molecular formula is C24H32N4O. The van der Waals surface area contributed by atoms with E-state index in [0.29, 0.717) is 12.1 Å². The summed E-state index contributed by atoms with van der Waals surface area (Å²) in [6.45, 7) is 3.91. The number of nitrogens with one attached hydrogen (secondary N) is 1. The van der Waals surface area contributed by atoms with Crippen molar-refractivity contribution in [1.82, 2.24) is 19.9 Å². The number of carbonyl (C=O) groups is 1. The molecule has 0 saturated heterocycles. The van der Waals surface area contributed by atoms with Crippen molar-refractivity contribution >= 4 is 16.9 Å². The number of unbranched alkanes of at least 4 members (excludes halogenated alkanes) is 5. The Morgan fingerprint density at radius 3 is 2.55 bits per heavy atom. The van der Waals surface area contributed by atoms with Gasteiger partial charge in [0, 0.05) is 37.5 Å². The number of amides is 1. The molecule has 0 unspecified atom stereocenters. The molecule has 0 atom stereocenters. The number of nitrogens with zero attached hydrogens (tertiary/aromatic N) is 3. The van der Waals surface area contributed by atoms with Crippen LogP contribution >= 0.6 is 0 Å². The van der Waals surface area contributed by atoms with Crippen LogP contribution in [0, 0.1) is 0 Å². The van der Waals surface area contributed by atoms with E-state index in [1.807, 2.05) is 6.07 Å². The monoisotopic (exact) mass is 392 g/mol. The van der Waals surface area contributed by atoms with Gasteiger partial charge in [-0.15, -0.1) is 0 Å². The third-order valence-corrected chi connectivity index (χ3v) is 5.27.